The number of thiophene rings is 1. The van der Waals surface area contributed by atoms with Gasteiger partial charge in [-0.1, -0.05) is 41.6 Å². The van der Waals surface area contributed by atoms with Crippen molar-refractivity contribution in [2.75, 3.05) is 18.2 Å². The number of methoxy groups -OCH3 is 1. The molecule has 34 heavy (non-hydrogen) atoms. The summed E-state index contributed by atoms with van der Waals surface area (Å²) in [6, 6.07) is 7.20. The Labute approximate surface area is 211 Å². The molecule has 3 aromatic rings. The number of halogens is 1. The van der Waals surface area contributed by atoms with Gasteiger partial charge in [0.05, 0.1) is 23.4 Å². The molecule has 0 bridgehead atoms. The summed E-state index contributed by atoms with van der Waals surface area (Å²) in [4.78, 5) is 25.7. The summed E-state index contributed by atoms with van der Waals surface area (Å²) in [5, 5.41) is 12.9. The molecule has 0 saturated heterocycles. The summed E-state index contributed by atoms with van der Waals surface area (Å²) in [5.74, 6) is 0.451. The second kappa shape index (κ2) is 11.5. The van der Waals surface area contributed by atoms with Crippen LogP contribution < -0.4 is 10.1 Å². The highest BCUT2D eigenvalue weighted by Gasteiger charge is 2.23. The number of hydrogen-bond acceptors (Lipinski definition) is 8. The van der Waals surface area contributed by atoms with E-state index in [0.717, 1.165) is 10.4 Å². The molecule has 1 amide bonds. The number of thioether (sulfide) groups is 1. The van der Waals surface area contributed by atoms with Gasteiger partial charge in [0.1, 0.15) is 10.8 Å². The third-order valence-electron chi connectivity index (χ3n) is 4.92. The molecule has 11 heteroatoms. The van der Waals surface area contributed by atoms with Crippen LogP contribution in [0.2, 0.25) is 5.02 Å². The van der Waals surface area contributed by atoms with Crippen LogP contribution in [0.1, 0.15) is 39.7 Å². The lowest BCUT2D eigenvalue weighted by molar-refractivity contribution is -0.113. The van der Waals surface area contributed by atoms with Gasteiger partial charge in [0.2, 0.25) is 5.91 Å². The molecule has 1 aromatic carbocycles. The minimum atomic E-state index is -0.479. The van der Waals surface area contributed by atoms with Crippen molar-refractivity contribution in [3.05, 3.63) is 63.8 Å². The van der Waals surface area contributed by atoms with Crippen molar-refractivity contribution < 1.29 is 19.1 Å². The lowest BCUT2D eigenvalue weighted by atomic mass is 10.1. The van der Waals surface area contributed by atoms with Gasteiger partial charge >= 0.3 is 5.97 Å². The Morgan fingerprint density at radius 1 is 1.32 bits per heavy atom. The topological polar surface area (TPSA) is 95.3 Å². The van der Waals surface area contributed by atoms with Gasteiger partial charge in [-0.15, -0.1) is 28.1 Å². The number of rotatable bonds is 10. The standard InChI is InChI=1S/C23H25ClN4O4S2/c1-6-11-28-20(14(3)32-17-10-8-7-9-16(17)24)26-27-23(28)33-12-18(29)25-21-19(22(30)31-5)13(2)15(4)34-21/h6-10,14H,1,11-12H2,2-5H3,(H,25,29). The molecule has 2 heterocycles. The Kier molecular flexibility index (Phi) is 8.76. The van der Waals surface area contributed by atoms with E-state index in [1.165, 1.54) is 30.2 Å². The third-order valence-corrected chi connectivity index (χ3v) is 7.32. The number of aryl methyl sites for hydroxylation is 1. The zero-order valence-corrected chi connectivity index (χ0v) is 21.6. The highest BCUT2D eigenvalue weighted by atomic mass is 35.5. The van der Waals surface area contributed by atoms with Crippen molar-refractivity contribution in [3.8, 4) is 5.75 Å². The fourth-order valence-electron chi connectivity index (χ4n) is 3.15. The van der Waals surface area contributed by atoms with Crippen molar-refractivity contribution in [2.24, 2.45) is 0 Å². The van der Waals surface area contributed by atoms with Crippen LogP contribution in [0.5, 0.6) is 5.75 Å². The summed E-state index contributed by atoms with van der Waals surface area (Å²) in [7, 11) is 1.32. The van der Waals surface area contributed by atoms with Crippen molar-refractivity contribution in [1.29, 1.82) is 0 Å². The number of esters is 1. The average Bonchev–Trinajstić information content (AvgIpc) is 3.33. The number of ether oxygens (including phenoxy) is 2. The van der Waals surface area contributed by atoms with Crippen molar-refractivity contribution in [3.63, 3.8) is 0 Å². The molecule has 0 aliphatic rings. The van der Waals surface area contributed by atoms with E-state index >= 15 is 0 Å². The van der Waals surface area contributed by atoms with Gasteiger partial charge in [0, 0.05) is 11.4 Å². The van der Waals surface area contributed by atoms with Crippen LogP contribution in [0.4, 0.5) is 5.00 Å². The molecule has 1 N–H and O–H groups in total. The predicted octanol–water partition coefficient (Wildman–Crippen LogP) is 5.45. The first-order valence-corrected chi connectivity index (χ1v) is 12.5. The van der Waals surface area contributed by atoms with Crippen LogP contribution in [0.15, 0.2) is 42.1 Å². The zero-order chi connectivity index (χ0) is 24.8. The SMILES string of the molecule is C=CCn1c(SCC(=O)Nc2sc(C)c(C)c2C(=O)OC)nnc1C(C)Oc1ccccc1Cl. The molecule has 3 rings (SSSR count). The molecule has 0 aliphatic heterocycles. The van der Waals surface area contributed by atoms with Gasteiger partial charge < -0.3 is 14.8 Å². The maximum Gasteiger partial charge on any atom is 0.341 e. The molecule has 0 spiro atoms. The number of allylic oxidation sites excluding steroid dienone is 1. The van der Waals surface area contributed by atoms with Crippen molar-refractivity contribution >= 4 is 51.6 Å². The molecule has 1 atom stereocenters. The monoisotopic (exact) mass is 520 g/mol. The summed E-state index contributed by atoms with van der Waals surface area (Å²) >= 11 is 8.77. The molecule has 0 fully saturated rings. The number of nitrogens with zero attached hydrogens (tertiary/aromatic N) is 3. The van der Waals surface area contributed by atoms with Crippen LogP contribution in [-0.4, -0.2) is 39.5 Å². The van der Waals surface area contributed by atoms with Crippen LogP contribution in [0.25, 0.3) is 0 Å². The summed E-state index contributed by atoms with van der Waals surface area (Å²) in [6.07, 6.45) is 1.29. The second-order valence-corrected chi connectivity index (χ2v) is 9.82. The van der Waals surface area contributed by atoms with Crippen molar-refractivity contribution in [1.82, 2.24) is 14.8 Å². The number of anilines is 1. The molecular formula is C23H25ClN4O4S2. The number of amides is 1. The minimum Gasteiger partial charge on any atom is -0.481 e. The second-order valence-electron chi connectivity index (χ2n) is 7.25. The van der Waals surface area contributed by atoms with Gasteiger partial charge in [0.15, 0.2) is 17.1 Å². The van der Waals surface area contributed by atoms with E-state index in [2.05, 4.69) is 22.1 Å². The van der Waals surface area contributed by atoms with E-state index in [1.54, 1.807) is 18.2 Å². The molecule has 180 valence electrons. The number of carbonyl (C=O) groups excluding carboxylic acids is 2. The molecule has 2 aromatic heterocycles. The number of benzene rings is 1. The number of carbonyl (C=O) groups is 2. The van der Waals surface area contributed by atoms with Crippen molar-refractivity contribution in [2.45, 2.75) is 38.6 Å². The Morgan fingerprint density at radius 3 is 2.74 bits per heavy atom. The first-order valence-electron chi connectivity index (χ1n) is 10.3. The first kappa shape index (κ1) is 25.8. The normalized spacial score (nSPS) is 11.7. The van der Waals surface area contributed by atoms with Crippen LogP contribution in [-0.2, 0) is 16.1 Å². The number of aromatic nitrogens is 3. The predicted molar refractivity (Wildman–Crippen MR) is 135 cm³/mol. The van der Waals surface area contributed by atoms with Crippen LogP contribution in [0.3, 0.4) is 0 Å². The smallest absolute Gasteiger partial charge is 0.341 e. The molecule has 0 aliphatic carbocycles. The molecule has 8 nitrogen and oxygen atoms in total. The Balaban J connectivity index is 1.72. The Bertz CT molecular complexity index is 1210. The summed E-state index contributed by atoms with van der Waals surface area (Å²) < 4.78 is 12.7. The van der Waals surface area contributed by atoms with Gasteiger partial charge in [-0.3, -0.25) is 9.36 Å². The fraction of sp³-hybridized carbons (Fsp3) is 0.304. The largest absolute Gasteiger partial charge is 0.481 e. The fourth-order valence-corrected chi connectivity index (χ4v) is 5.15. The minimum absolute atomic E-state index is 0.0750. The van der Waals surface area contributed by atoms with Crippen LogP contribution >= 0.6 is 34.7 Å². The average molecular weight is 521 g/mol. The summed E-state index contributed by atoms with van der Waals surface area (Å²) in [5.41, 5.74) is 1.17. The molecule has 0 radical (unpaired) electrons. The maximum absolute atomic E-state index is 12.7. The number of hydrogen-bond donors (Lipinski definition) is 1. The Hall–Kier alpha value is -2.82. The van der Waals surface area contributed by atoms with Gasteiger partial charge in [-0.05, 0) is 38.5 Å². The lowest BCUT2D eigenvalue weighted by Gasteiger charge is -2.16. The third kappa shape index (κ3) is 5.81. The van der Waals surface area contributed by atoms with Gasteiger partial charge in [-0.2, -0.15) is 0 Å². The van der Waals surface area contributed by atoms with Gasteiger partial charge in [-0.25, -0.2) is 4.79 Å². The van der Waals surface area contributed by atoms with E-state index in [9.17, 15) is 9.59 Å². The number of nitrogens with one attached hydrogen (secondary N) is 1. The quantitative estimate of drug-likeness (QED) is 0.215. The molecule has 0 saturated carbocycles. The van der Waals surface area contributed by atoms with E-state index in [0.29, 0.717) is 38.9 Å². The zero-order valence-electron chi connectivity index (χ0n) is 19.3. The van der Waals surface area contributed by atoms with Crippen LogP contribution in [0, 0.1) is 13.8 Å². The Morgan fingerprint density at radius 2 is 2.06 bits per heavy atom. The van der Waals surface area contributed by atoms with Gasteiger partial charge in [0.25, 0.3) is 0 Å². The first-order chi connectivity index (χ1) is 16.3. The highest BCUT2D eigenvalue weighted by Crippen LogP contribution is 2.33. The number of para-hydroxylation sites is 1. The van der Waals surface area contributed by atoms with E-state index in [1.807, 2.05) is 37.5 Å². The molecular weight excluding hydrogens is 496 g/mol. The van der Waals surface area contributed by atoms with E-state index in [-0.39, 0.29) is 11.7 Å². The molecule has 1 unspecified atom stereocenters. The summed E-state index contributed by atoms with van der Waals surface area (Å²) in [6.45, 7) is 9.81. The van der Waals surface area contributed by atoms with E-state index in [4.69, 9.17) is 21.1 Å². The highest BCUT2D eigenvalue weighted by molar-refractivity contribution is 7.99. The lowest BCUT2D eigenvalue weighted by Crippen LogP contribution is -2.17. The van der Waals surface area contributed by atoms with E-state index < -0.39 is 12.1 Å². The maximum atomic E-state index is 12.7.